The number of fused-ring (bicyclic) bond motifs is 3. The average Bonchev–Trinajstić information content (AvgIpc) is 2.97. The zero-order valence-corrected chi connectivity index (χ0v) is 16.8. The maximum absolute atomic E-state index is 12.9. The maximum Gasteiger partial charge on any atom is 0.263 e. The lowest BCUT2D eigenvalue weighted by Gasteiger charge is -2.29. The van der Waals surface area contributed by atoms with E-state index >= 15 is 0 Å². The Hall–Kier alpha value is -2.22. The molecule has 27 heavy (non-hydrogen) atoms. The number of hydrogen-bond acceptors (Lipinski definition) is 6. The number of aromatic nitrogens is 2. The Bertz CT molecular complexity index is 1100. The third-order valence-corrected chi connectivity index (χ3v) is 5.91. The zero-order chi connectivity index (χ0) is 19.2. The fourth-order valence-corrected chi connectivity index (χ4v) is 4.31. The number of thiophene rings is 1. The summed E-state index contributed by atoms with van der Waals surface area (Å²) in [6, 6.07) is 7.31. The molecule has 0 amide bonds. The molecule has 2 aromatic heterocycles. The first kappa shape index (κ1) is 18.2. The normalized spacial score (nSPS) is 16.0. The van der Waals surface area contributed by atoms with Crippen LogP contribution in [0.3, 0.4) is 0 Å². The minimum Gasteiger partial charge on any atom is -0.370 e. The fourth-order valence-electron chi connectivity index (χ4n) is 3.09. The third-order valence-electron chi connectivity index (χ3n) is 4.56. The van der Waals surface area contributed by atoms with Gasteiger partial charge in [0.25, 0.3) is 5.56 Å². The first-order valence-corrected chi connectivity index (χ1v) is 9.73. The Morgan fingerprint density at radius 3 is 2.85 bits per heavy atom. The van der Waals surface area contributed by atoms with Gasteiger partial charge in [0.05, 0.1) is 23.8 Å². The molecular weight excluding hydrogens is 384 g/mol. The van der Waals surface area contributed by atoms with Crippen LogP contribution in [0.15, 0.2) is 34.2 Å². The first-order valence-electron chi connectivity index (χ1n) is 8.54. The van der Waals surface area contributed by atoms with Crippen LogP contribution in [0.5, 0.6) is 0 Å². The topological polar surface area (TPSA) is 68.5 Å². The van der Waals surface area contributed by atoms with Gasteiger partial charge in [-0.3, -0.25) is 9.36 Å². The summed E-state index contributed by atoms with van der Waals surface area (Å²) in [5.74, 6) is 0.400. The van der Waals surface area contributed by atoms with Crippen molar-refractivity contribution < 1.29 is 4.74 Å². The van der Waals surface area contributed by atoms with Crippen LogP contribution < -0.4 is 11.0 Å². The summed E-state index contributed by atoms with van der Waals surface area (Å²) in [7, 11) is 1.70. The van der Waals surface area contributed by atoms with Gasteiger partial charge in [0, 0.05) is 23.4 Å². The summed E-state index contributed by atoms with van der Waals surface area (Å²) in [6.45, 7) is 4.60. The second kappa shape index (κ2) is 6.74. The van der Waals surface area contributed by atoms with E-state index in [2.05, 4.69) is 15.5 Å². The number of rotatable bonds is 3. The number of benzene rings is 1. The second-order valence-corrected chi connectivity index (χ2v) is 8.65. The van der Waals surface area contributed by atoms with Gasteiger partial charge < -0.3 is 4.74 Å². The van der Waals surface area contributed by atoms with Crippen LogP contribution in [0.25, 0.3) is 10.2 Å². The molecule has 8 heteroatoms. The SMILES string of the molecule is Cn1c(NN=Cc2ccc(Cl)cc2)nc2sc3c(c2c1=O)CC(C)(C)OC3. The molecule has 3 heterocycles. The third kappa shape index (κ3) is 3.50. The van der Waals surface area contributed by atoms with Crippen molar-refractivity contribution in [1.82, 2.24) is 9.55 Å². The second-order valence-electron chi connectivity index (χ2n) is 7.13. The highest BCUT2D eigenvalue weighted by molar-refractivity contribution is 7.18. The van der Waals surface area contributed by atoms with Gasteiger partial charge in [-0.2, -0.15) is 5.10 Å². The van der Waals surface area contributed by atoms with Gasteiger partial charge >= 0.3 is 0 Å². The number of anilines is 1. The molecular formula is C19H19ClN4O2S. The number of ether oxygens (including phenoxy) is 1. The minimum absolute atomic E-state index is 0.0700. The van der Waals surface area contributed by atoms with E-state index in [0.29, 0.717) is 34.2 Å². The standard InChI is InChI=1S/C19H19ClN4O2S/c1-19(2)8-13-14(10-26-19)27-16-15(13)17(25)24(3)18(22-16)23-21-9-11-4-6-12(20)7-5-11/h4-7,9H,8,10H2,1-3H3,(H,22,23). The van der Waals surface area contributed by atoms with E-state index in [1.807, 2.05) is 26.0 Å². The van der Waals surface area contributed by atoms with Gasteiger partial charge in [-0.05, 0) is 37.1 Å². The molecule has 1 aliphatic rings. The lowest BCUT2D eigenvalue weighted by Crippen LogP contribution is -2.32. The van der Waals surface area contributed by atoms with E-state index in [-0.39, 0.29) is 11.2 Å². The van der Waals surface area contributed by atoms with Gasteiger partial charge in [-0.25, -0.2) is 10.4 Å². The average molecular weight is 403 g/mol. The van der Waals surface area contributed by atoms with Crippen molar-refractivity contribution in [2.24, 2.45) is 12.1 Å². The molecule has 6 nitrogen and oxygen atoms in total. The van der Waals surface area contributed by atoms with Crippen molar-refractivity contribution >= 4 is 45.3 Å². The molecule has 1 aromatic carbocycles. The summed E-state index contributed by atoms with van der Waals surface area (Å²) in [6.07, 6.45) is 2.36. The smallest absolute Gasteiger partial charge is 0.263 e. The van der Waals surface area contributed by atoms with E-state index < -0.39 is 0 Å². The molecule has 0 saturated carbocycles. The van der Waals surface area contributed by atoms with Crippen molar-refractivity contribution in [3.05, 3.63) is 55.6 Å². The maximum atomic E-state index is 12.9. The molecule has 0 atom stereocenters. The van der Waals surface area contributed by atoms with Gasteiger partial charge in [-0.15, -0.1) is 11.3 Å². The molecule has 0 fully saturated rings. The quantitative estimate of drug-likeness (QED) is 0.532. The van der Waals surface area contributed by atoms with Gasteiger partial charge in [0.15, 0.2) is 0 Å². The summed E-state index contributed by atoms with van der Waals surface area (Å²) >= 11 is 7.39. The molecule has 1 aliphatic heterocycles. The lowest BCUT2D eigenvalue weighted by atomic mass is 9.94. The van der Waals surface area contributed by atoms with Crippen LogP contribution in [0, 0.1) is 0 Å². The van der Waals surface area contributed by atoms with Crippen LogP contribution in [0.2, 0.25) is 5.02 Å². The van der Waals surface area contributed by atoms with Crippen molar-refractivity contribution in [3.8, 4) is 0 Å². The number of nitrogens with one attached hydrogen (secondary N) is 1. The van der Waals surface area contributed by atoms with Crippen molar-refractivity contribution in [2.45, 2.75) is 32.5 Å². The van der Waals surface area contributed by atoms with E-state index in [4.69, 9.17) is 16.3 Å². The summed E-state index contributed by atoms with van der Waals surface area (Å²) in [5.41, 5.74) is 4.49. The predicted molar refractivity (Wildman–Crippen MR) is 110 cm³/mol. The van der Waals surface area contributed by atoms with E-state index in [0.717, 1.165) is 16.0 Å². The highest BCUT2D eigenvalue weighted by Gasteiger charge is 2.31. The highest BCUT2D eigenvalue weighted by Crippen LogP contribution is 2.37. The number of nitrogens with zero attached hydrogens (tertiary/aromatic N) is 3. The van der Waals surface area contributed by atoms with E-state index in [1.165, 1.54) is 15.9 Å². The molecule has 0 radical (unpaired) electrons. The number of halogens is 1. The molecule has 0 aliphatic carbocycles. The van der Waals surface area contributed by atoms with E-state index in [9.17, 15) is 4.79 Å². The van der Waals surface area contributed by atoms with Crippen LogP contribution in [0.1, 0.15) is 29.9 Å². The van der Waals surface area contributed by atoms with Crippen molar-refractivity contribution in [2.75, 3.05) is 5.43 Å². The largest absolute Gasteiger partial charge is 0.370 e. The Kier molecular flexibility index (Phi) is 4.53. The molecule has 140 valence electrons. The highest BCUT2D eigenvalue weighted by atomic mass is 35.5. The van der Waals surface area contributed by atoms with Crippen LogP contribution in [-0.2, 0) is 24.8 Å². The monoisotopic (exact) mass is 402 g/mol. The molecule has 1 N–H and O–H groups in total. The molecule has 0 unspecified atom stereocenters. The molecule has 4 rings (SSSR count). The fraction of sp³-hybridized carbons (Fsp3) is 0.316. The predicted octanol–water partition coefficient (Wildman–Crippen LogP) is 3.95. The summed E-state index contributed by atoms with van der Waals surface area (Å²) < 4.78 is 7.37. The summed E-state index contributed by atoms with van der Waals surface area (Å²) in [4.78, 5) is 19.4. The molecule has 0 spiro atoms. The Balaban J connectivity index is 1.68. The zero-order valence-electron chi connectivity index (χ0n) is 15.2. The van der Waals surface area contributed by atoms with Crippen LogP contribution >= 0.6 is 22.9 Å². The first-order chi connectivity index (χ1) is 12.8. The van der Waals surface area contributed by atoms with E-state index in [1.54, 1.807) is 25.4 Å². The van der Waals surface area contributed by atoms with Crippen molar-refractivity contribution in [3.63, 3.8) is 0 Å². The van der Waals surface area contributed by atoms with Gasteiger partial charge in [-0.1, -0.05) is 23.7 Å². The molecule has 0 saturated heterocycles. The molecule has 0 bridgehead atoms. The Labute approximate surface area is 165 Å². The Morgan fingerprint density at radius 1 is 1.37 bits per heavy atom. The van der Waals surface area contributed by atoms with Crippen LogP contribution in [-0.4, -0.2) is 21.4 Å². The number of hydrogen-bond donors (Lipinski definition) is 1. The minimum atomic E-state index is -0.272. The Morgan fingerprint density at radius 2 is 2.11 bits per heavy atom. The van der Waals surface area contributed by atoms with Gasteiger partial charge in [0.1, 0.15) is 4.83 Å². The summed E-state index contributed by atoms with van der Waals surface area (Å²) in [5, 5.41) is 5.56. The van der Waals surface area contributed by atoms with Crippen LogP contribution in [0.4, 0.5) is 5.95 Å². The lowest BCUT2D eigenvalue weighted by molar-refractivity contribution is -0.0379. The molecule has 3 aromatic rings. The van der Waals surface area contributed by atoms with Crippen molar-refractivity contribution in [1.29, 1.82) is 0 Å². The van der Waals surface area contributed by atoms with Gasteiger partial charge in [0.2, 0.25) is 5.95 Å². The number of hydrazone groups is 1.